The second-order valence-electron chi connectivity index (χ2n) is 4.40. The molecule has 1 aliphatic heterocycles. The smallest absolute Gasteiger partial charge is 0.309 e. The molecule has 2 heterocycles. The van der Waals surface area contributed by atoms with E-state index >= 15 is 0 Å². The molecular weight excluding hydrogens is 218 g/mol. The van der Waals surface area contributed by atoms with Crippen LogP contribution >= 0.6 is 0 Å². The molecule has 5 nitrogen and oxygen atoms in total. The SMILES string of the molecule is CCOC(=O)C1CCN(c2ncc(C)[nH]2)CC1. The lowest BCUT2D eigenvalue weighted by atomic mass is 9.97. The second-order valence-corrected chi connectivity index (χ2v) is 4.40. The van der Waals surface area contributed by atoms with Crippen LogP contribution in [0, 0.1) is 12.8 Å². The summed E-state index contributed by atoms with van der Waals surface area (Å²) in [5, 5.41) is 0. The Kier molecular flexibility index (Phi) is 3.66. The van der Waals surface area contributed by atoms with E-state index in [4.69, 9.17) is 4.74 Å². The summed E-state index contributed by atoms with van der Waals surface area (Å²) in [4.78, 5) is 21.3. The Morgan fingerprint density at radius 3 is 2.82 bits per heavy atom. The molecule has 1 saturated heterocycles. The summed E-state index contributed by atoms with van der Waals surface area (Å²) < 4.78 is 5.05. The van der Waals surface area contributed by atoms with Gasteiger partial charge in [0.2, 0.25) is 5.95 Å². The fourth-order valence-electron chi connectivity index (χ4n) is 2.15. The third kappa shape index (κ3) is 2.78. The topological polar surface area (TPSA) is 58.2 Å². The molecule has 2 rings (SSSR count). The first-order valence-electron chi connectivity index (χ1n) is 6.14. The molecule has 94 valence electrons. The molecule has 0 aromatic carbocycles. The first-order valence-corrected chi connectivity index (χ1v) is 6.14. The van der Waals surface area contributed by atoms with Gasteiger partial charge in [0.1, 0.15) is 0 Å². The van der Waals surface area contributed by atoms with Crippen LogP contribution in [0.3, 0.4) is 0 Å². The van der Waals surface area contributed by atoms with E-state index in [1.807, 2.05) is 20.0 Å². The van der Waals surface area contributed by atoms with Gasteiger partial charge in [-0.3, -0.25) is 4.79 Å². The van der Waals surface area contributed by atoms with E-state index in [2.05, 4.69) is 14.9 Å². The predicted molar refractivity (Wildman–Crippen MR) is 64.9 cm³/mol. The van der Waals surface area contributed by atoms with Crippen molar-refractivity contribution in [1.82, 2.24) is 9.97 Å². The Bertz CT molecular complexity index is 381. The molecule has 1 N–H and O–H groups in total. The minimum Gasteiger partial charge on any atom is -0.466 e. The Morgan fingerprint density at radius 2 is 2.29 bits per heavy atom. The number of carbonyl (C=O) groups excluding carboxylic acids is 1. The number of anilines is 1. The number of H-pyrrole nitrogens is 1. The van der Waals surface area contributed by atoms with Crippen molar-refractivity contribution in [2.24, 2.45) is 5.92 Å². The zero-order valence-electron chi connectivity index (χ0n) is 10.4. The number of nitrogens with zero attached hydrogens (tertiary/aromatic N) is 2. The van der Waals surface area contributed by atoms with Crippen LogP contribution in [0.1, 0.15) is 25.5 Å². The normalized spacial score (nSPS) is 17.2. The number of hydrogen-bond acceptors (Lipinski definition) is 4. The fourth-order valence-corrected chi connectivity index (χ4v) is 2.15. The number of carbonyl (C=O) groups is 1. The third-order valence-corrected chi connectivity index (χ3v) is 3.10. The lowest BCUT2D eigenvalue weighted by Gasteiger charge is -2.30. The van der Waals surface area contributed by atoms with Gasteiger partial charge in [0.25, 0.3) is 0 Å². The van der Waals surface area contributed by atoms with Gasteiger partial charge in [-0.25, -0.2) is 4.98 Å². The van der Waals surface area contributed by atoms with Crippen LogP contribution in [0.25, 0.3) is 0 Å². The lowest BCUT2D eigenvalue weighted by Crippen LogP contribution is -2.37. The monoisotopic (exact) mass is 237 g/mol. The zero-order chi connectivity index (χ0) is 12.3. The Labute approximate surface area is 101 Å². The predicted octanol–water partition coefficient (Wildman–Crippen LogP) is 1.50. The highest BCUT2D eigenvalue weighted by molar-refractivity contribution is 5.72. The molecule has 0 radical (unpaired) electrons. The summed E-state index contributed by atoms with van der Waals surface area (Å²) >= 11 is 0. The van der Waals surface area contributed by atoms with Gasteiger partial charge in [-0.2, -0.15) is 0 Å². The van der Waals surface area contributed by atoms with E-state index < -0.39 is 0 Å². The van der Waals surface area contributed by atoms with Crippen molar-refractivity contribution in [3.63, 3.8) is 0 Å². The van der Waals surface area contributed by atoms with Gasteiger partial charge in [0.05, 0.1) is 12.5 Å². The van der Waals surface area contributed by atoms with Gasteiger partial charge in [0, 0.05) is 25.0 Å². The first-order chi connectivity index (χ1) is 8.20. The average Bonchev–Trinajstić information content (AvgIpc) is 2.76. The van der Waals surface area contributed by atoms with Gasteiger partial charge in [0.15, 0.2) is 0 Å². The van der Waals surface area contributed by atoms with Crippen LogP contribution in [0.5, 0.6) is 0 Å². The quantitative estimate of drug-likeness (QED) is 0.809. The van der Waals surface area contributed by atoms with Gasteiger partial charge in [-0.15, -0.1) is 0 Å². The van der Waals surface area contributed by atoms with E-state index in [0.717, 1.165) is 37.6 Å². The minimum absolute atomic E-state index is 0.0530. The number of rotatable bonds is 3. The summed E-state index contributed by atoms with van der Waals surface area (Å²) in [6.45, 7) is 6.02. The highest BCUT2D eigenvalue weighted by Crippen LogP contribution is 2.21. The van der Waals surface area contributed by atoms with Crippen molar-refractivity contribution in [2.75, 3.05) is 24.6 Å². The molecular formula is C12H19N3O2. The maximum atomic E-state index is 11.6. The van der Waals surface area contributed by atoms with Crippen LogP contribution in [0.15, 0.2) is 6.20 Å². The van der Waals surface area contributed by atoms with Crippen LogP contribution in [-0.2, 0) is 9.53 Å². The van der Waals surface area contributed by atoms with E-state index in [1.165, 1.54) is 0 Å². The van der Waals surface area contributed by atoms with Crippen LogP contribution in [0.2, 0.25) is 0 Å². The second kappa shape index (κ2) is 5.21. The van der Waals surface area contributed by atoms with E-state index in [9.17, 15) is 4.79 Å². The Hall–Kier alpha value is -1.52. The number of hydrogen-bond donors (Lipinski definition) is 1. The van der Waals surface area contributed by atoms with Crippen LogP contribution in [0.4, 0.5) is 5.95 Å². The number of nitrogens with one attached hydrogen (secondary N) is 1. The number of esters is 1. The number of aromatic nitrogens is 2. The van der Waals surface area contributed by atoms with E-state index in [-0.39, 0.29) is 11.9 Å². The molecule has 1 aromatic heterocycles. The van der Waals surface area contributed by atoms with Gasteiger partial charge in [-0.05, 0) is 26.7 Å². The largest absolute Gasteiger partial charge is 0.466 e. The number of aryl methyl sites for hydroxylation is 1. The number of aromatic amines is 1. The van der Waals surface area contributed by atoms with Gasteiger partial charge >= 0.3 is 5.97 Å². The molecule has 0 atom stereocenters. The molecule has 17 heavy (non-hydrogen) atoms. The summed E-state index contributed by atoms with van der Waals surface area (Å²) in [7, 11) is 0. The molecule has 1 aliphatic rings. The molecule has 0 bridgehead atoms. The molecule has 0 spiro atoms. The summed E-state index contributed by atoms with van der Waals surface area (Å²) in [6.07, 6.45) is 3.52. The van der Waals surface area contributed by atoms with Crippen molar-refractivity contribution < 1.29 is 9.53 Å². The molecule has 1 aromatic rings. The average molecular weight is 237 g/mol. The summed E-state index contributed by atoms with van der Waals surface area (Å²) in [5.41, 5.74) is 1.06. The number of ether oxygens (including phenoxy) is 1. The van der Waals surface area contributed by atoms with Crippen molar-refractivity contribution in [3.8, 4) is 0 Å². The van der Waals surface area contributed by atoms with Crippen LogP contribution in [-0.4, -0.2) is 35.6 Å². The Balaban J connectivity index is 1.88. The Morgan fingerprint density at radius 1 is 1.59 bits per heavy atom. The number of piperidine rings is 1. The van der Waals surface area contributed by atoms with Gasteiger partial charge in [-0.1, -0.05) is 0 Å². The maximum Gasteiger partial charge on any atom is 0.309 e. The maximum absolute atomic E-state index is 11.6. The minimum atomic E-state index is -0.0530. The molecule has 0 saturated carbocycles. The molecule has 1 fully saturated rings. The molecule has 0 aliphatic carbocycles. The standard InChI is InChI=1S/C12H19N3O2/c1-3-17-11(16)10-4-6-15(7-5-10)12-13-8-9(2)14-12/h8,10H,3-7H2,1-2H3,(H,13,14). The third-order valence-electron chi connectivity index (χ3n) is 3.10. The fraction of sp³-hybridized carbons (Fsp3) is 0.667. The summed E-state index contributed by atoms with van der Waals surface area (Å²) in [5.74, 6) is 0.912. The van der Waals surface area contributed by atoms with E-state index in [0.29, 0.717) is 6.61 Å². The summed E-state index contributed by atoms with van der Waals surface area (Å²) in [6, 6.07) is 0. The van der Waals surface area contributed by atoms with Crippen LogP contribution < -0.4 is 4.90 Å². The lowest BCUT2D eigenvalue weighted by molar-refractivity contribution is -0.148. The highest BCUT2D eigenvalue weighted by Gasteiger charge is 2.26. The zero-order valence-corrected chi connectivity index (χ0v) is 10.4. The van der Waals surface area contributed by atoms with Crippen molar-refractivity contribution >= 4 is 11.9 Å². The van der Waals surface area contributed by atoms with E-state index in [1.54, 1.807) is 0 Å². The van der Waals surface area contributed by atoms with Gasteiger partial charge < -0.3 is 14.6 Å². The highest BCUT2D eigenvalue weighted by atomic mass is 16.5. The van der Waals surface area contributed by atoms with Crippen molar-refractivity contribution in [2.45, 2.75) is 26.7 Å². The molecule has 0 unspecified atom stereocenters. The number of imidazole rings is 1. The molecule has 0 amide bonds. The van der Waals surface area contributed by atoms with Crippen molar-refractivity contribution in [1.29, 1.82) is 0 Å². The molecule has 5 heteroatoms. The van der Waals surface area contributed by atoms with Crippen molar-refractivity contribution in [3.05, 3.63) is 11.9 Å². The first kappa shape index (κ1) is 12.0.